The molecule has 1 N–H and O–H groups in total. The molecule has 8 rings (SSSR count). The molecule has 312 valence electrons. The normalized spacial score (nSPS) is 12.4. The van der Waals surface area contributed by atoms with E-state index in [1.807, 2.05) is 88.6 Å². The third kappa shape index (κ3) is 8.80. The number of aryl methyl sites for hydroxylation is 4. The largest absolute Gasteiger partial charge is 1.00 e. The molecule has 13 heteroatoms. The van der Waals surface area contributed by atoms with Crippen LogP contribution in [0.15, 0.2) is 107 Å². The van der Waals surface area contributed by atoms with E-state index >= 15 is 0 Å². The summed E-state index contributed by atoms with van der Waals surface area (Å²) < 4.78 is 11.0. The number of nitrogens with zero attached hydrogens (tertiary/aromatic N) is 6. The van der Waals surface area contributed by atoms with Crippen molar-refractivity contribution in [3.8, 4) is 0 Å². The molecular weight excluding hydrogens is 780 g/mol. The van der Waals surface area contributed by atoms with Crippen LogP contribution in [0.25, 0.3) is 43.9 Å². The van der Waals surface area contributed by atoms with Gasteiger partial charge in [-0.3, -0.25) is 23.1 Å². The summed E-state index contributed by atoms with van der Waals surface area (Å²) in [6.45, 7) is 9.04. The second-order valence-corrected chi connectivity index (χ2v) is 16.0. The number of imidazole rings is 2. The van der Waals surface area contributed by atoms with Crippen LogP contribution in [-0.2, 0) is 36.8 Å². The molecule has 2 atom stereocenters. The summed E-state index contributed by atoms with van der Waals surface area (Å²) in [6, 6.07) is 26.9. The molecule has 0 radical (unpaired) electrons. The van der Waals surface area contributed by atoms with E-state index in [1.165, 1.54) is 16.5 Å². The maximum absolute atomic E-state index is 13.5. The molecule has 0 saturated heterocycles. The van der Waals surface area contributed by atoms with Gasteiger partial charge in [-0.2, -0.15) is 0 Å². The minimum Gasteiger partial charge on any atom is -0.550 e. The molecule has 0 saturated carbocycles. The van der Waals surface area contributed by atoms with Crippen molar-refractivity contribution in [3.63, 3.8) is 0 Å². The van der Waals surface area contributed by atoms with Gasteiger partial charge in [0, 0.05) is 72.8 Å². The number of benzene rings is 4. The molecule has 4 aromatic heterocycles. The molecule has 0 aliphatic rings. The summed E-state index contributed by atoms with van der Waals surface area (Å²) in [5, 5.41) is 23.1. The fraction of sp³-hybridized carbons (Fsp3) is 0.333. The average molecular weight is 833 g/mol. The first-order valence-electron chi connectivity index (χ1n) is 20.7. The number of fused-ring (bicyclic) bond motifs is 4. The molecular formula is C48H53N6NaO6. The van der Waals surface area contributed by atoms with Crippen molar-refractivity contribution in [1.29, 1.82) is 0 Å². The maximum Gasteiger partial charge on any atom is 1.00 e. The van der Waals surface area contributed by atoms with E-state index in [-0.39, 0.29) is 59.8 Å². The van der Waals surface area contributed by atoms with Gasteiger partial charge in [-0.1, -0.05) is 75.2 Å². The number of carbonyl (C=O) groups is 2. The molecule has 0 aliphatic carbocycles. The SMILES string of the molecule is CCC[C@@H](CC(=O)O)n1c(=O)n(Cc2cn(C)c3cccc(C)c23)c2ccccc21.CCC[C@@H](CC(=O)[O-])n1c(=O)n(Cc2cn(C)c3cccc(C)c23)c2ccccc21.[Na+]. The number of aliphatic carboxylic acids is 2. The van der Waals surface area contributed by atoms with Crippen LogP contribution in [0, 0.1) is 13.8 Å². The summed E-state index contributed by atoms with van der Waals surface area (Å²) in [5.41, 5.74) is 9.63. The molecule has 61 heavy (non-hydrogen) atoms. The third-order valence-corrected chi connectivity index (χ3v) is 11.8. The summed E-state index contributed by atoms with van der Waals surface area (Å²) in [6.07, 6.45) is 6.77. The van der Waals surface area contributed by atoms with E-state index in [4.69, 9.17) is 0 Å². The first kappa shape index (κ1) is 45.0. The Morgan fingerprint density at radius 2 is 0.967 bits per heavy atom. The number of para-hydroxylation sites is 4. The van der Waals surface area contributed by atoms with Gasteiger partial charge in [0.25, 0.3) is 0 Å². The van der Waals surface area contributed by atoms with Gasteiger partial charge in [0.1, 0.15) is 0 Å². The van der Waals surface area contributed by atoms with Crippen LogP contribution >= 0.6 is 0 Å². The second-order valence-electron chi connectivity index (χ2n) is 16.0. The number of hydrogen-bond donors (Lipinski definition) is 1. The maximum atomic E-state index is 13.5. The van der Waals surface area contributed by atoms with Crippen LogP contribution in [0.1, 0.15) is 86.7 Å². The van der Waals surface area contributed by atoms with Gasteiger partial charge in [0.15, 0.2) is 0 Å². The van der Waals surface area contributed by atoms with Gasteiger partial charge in [-0.05, 0) is 85.3 Å². The molecule has 4 heterocycles. The number of carboxylic acids is 2. The second kappa shape index (κ2) is 19.0. The number of carbonyl (C=O) groups excluding carboxylic acids is 1. The van der Waals surface area contributed by atoms with Crippen molar-refractivity contribution in [2.24, 2.45) is 14.1 Å². The molecule has 0 fully saturated rings. The van der Waals surface area contributed by atoms with Crippen molar-refractivity contribution in [2.75, 3.05) is 0 Å². The van der Waals surface area contributed by atoms with Crippen molar-refractivity contribution >= 4 is 55.8 Å². The predicted molar refractivity (Wildman–Crippen MR) is 236 cm³/mol. The van der Waals surface area contributed by atoms with Crippen LogP contribution in [0.5, 0.6) is 0 Å². The van der Waals surface area contributed by atoms with Crippen LogP contribution in [0.4, 0.5) is 0 Å². The number of rotatable bonds is 14. The zero-order valence-electron chi connectivity index (χ0n) is 36.2. The Bertz CT molecular complexity index is 2790. The van der Waals surface area contributed by atoms with Gasteiger partial charge in [0.2, 0.25) is 0 Å². The van der Waals surface area contributed by atoms with E-state index in [2.05, 4.69) is 59.6 Å². The molecule has 8 aromatic rings. The molecule has 0 amide bonds. The number of aromatic nitrogens is 6. The van der Waals surface area contributed by atoms with Crippen LogP contribution < -0.4 is 46.0 Å². The first-order chi connectivity index (χ1) is 28.8. The Hall–Kier alpha value is -5.56. The average Bonchev–Trinajstić information content (AvgIpc) is 3.89. The number of carboxylic acid groups (broad SMARTS) is 2. The van der Waals surface area contributed by atoms with Crippen molar-refractivity contribution < 1.29 is 49.4 Å². The molecule has 12 nitrogen and oxygen atoms in total. The molecule has 4 aromatic carbocycles. The summed E-state index contributed by atoms with van der Waals surface area (Å²) in [7, 11) is 4.02. The third-order valence-electron chi connectivity index (χ3n) is 11.8. The fourth-order valence-electron chi connectivity index (χ4n) is 9.23. The smallest absolute Gasteiger partial charge is 0.550 e. The zero-order valence-corrected chi connectivity index (χ0v) is 38.2. The number of hydrogen-bond acceptors (Lipinski definition) is 5. The standard InChI is InChI=1S/2C24H27N3O3.Na/c2*1-4-8-18(13-22(28)29)27-20-11-6-5-10-19(20)26(24(27)30)15-17-14-25(3)21-12-7-9-16(2)23(17)21;/h2*5-7,9-12,14,18H,4,8,13,15H2,1-3H3,(H,28,29);/q;;+1/p-1/t2*18-;/m00./s1. The van der Waals surface area contributed by atoms with E-state index < -0.39 is 18.0 Å². The van der Waals surface area contributed by atoms with Crippen LogP contribution in [0.2, 0.25) is 0 Å². The zero-order chi connectivity index (χ0) is 42.8. The monoisotopic (exact) mass is 832 g/mol. The quantitative estimate of drug-likeness (QED) is 0.159. The Morgan fingerprint density at radius 3 is 1.34 bits per heavy atom. The van der Waals surface area contributed by atoms with Crippen LogP contribution in [0.3, 0.4) is 0 Å². The van der Waals surface area contributed by atoms with Crippen molar-refractivity contribution in [1.82, 2.24) is 27.4 Å². The molecule has 0 aliphatic heterocycles. The van der Waals surface area contributed by atoms with E-state index in [0.717, 1.165) is 62.5 Å². The molecule has 0 spiro atoms. The fourth-order valence-corrected chi connectivity index (χ4v) is 9.23. The van der Waals surface area contributed by atoms with Gasteiger partial charge in [0.05, 0.1) is 41.6 Å². The summed E-state index contributed by atoms with van der Waals surface area (Å²) in [5.74, 6) is -2.02. The Balaban J connectivity index is 0.000000201. The van der Waals surface area contributed by atoms with Crippen molar-refractivity contribution in [2.45, 2.75) is 91.4 Å². The molecule has 0 bridgehead atoms. The van der Waals surface area contributed by atoms with Gasteiger partial charge in [-0.15, -0.1) is 0 Å². The Kier molecular flexibility index (Phi) is 14.0. The first-order valence-corrected chi connectivity index (χ1v) is 20.7. The van der Waals surface area contributed by atoms with E-state index in [9.17, 15) is 29.4 Å². The minimum atomic E-state index is -1.14. The Morgan fingerprint density at radius 1 is 0.590 bits per heavy atom. The predicted octanol–water partition coefficient (Wildman–Crippen LogP) is 4.60. The summed E-state index contributed by atoms with van der Waals surface area (Å²) in [4.78, 5) is 49.9. The summed E-state index contributed by atoms with van der Waals surface area (Å²) >= 11 is 0. The molecule has 0 unspecified atom stereocenters. The van der Waals surface area contributed by atoms with Crippen LogP contribution in [-0.4, -0.2) is 44.4 Å². The van der Waals surface area contributed by atoms with Gasteiger partial charge in [-0.25, -0.2) is 9.59 Å². The van der Waals surface area contributed by atoms with Gasteiger partial charge < -0.3 is 24.1 Å². The van der Waals surface area contributed by atoms with Crippen molar-refractivity contribution in [3.05, 3.63) is 141 Å². The topological polar surface area (TPSA) is 141 Å². The van der Waals surface area contributed by atoms with Gasteiger partial charge >= 0.3 is 46.9 Å². The Labute approximate surface area is 376 Å². The van der Waals surface area contributed by atoms with E-state index in [1.54, 1.807) is 18.3 Å². The minimum absolute atomic E-state index is 0. The van der Waals surface area contributed by atoms with E-state index in [0.29, 0.717) is 25.9 Å².